The van der Waals surface area contributed by atoms with Gasteiger partial charge in [-0.05, 0) is 43.4 Å². The molecule has 0 bridgehead atoms. The van der Waals surface area contributed by atoms with Crippen molar-refractivity contribution >= 4 is 23.6 Å². The number of amides is 3. The van der Waals surface area contributed by atoms with E-state index in [1.807, 2.05) is 0 Å². The van der Waals surface area contributed by atoms with Gasteiger partial charge in [0.05, 0.1) is 5.56 Å². The highest BCUT2D eigenvalue weighted by atomic mass is 16.5. The van der Waals surface area contributed by atoms with Gasteiger partial charge in [-0.15, -0.1) is 0 Å². The van der Waals surface area contributed by atoms with E-state index in [9.17, 15) is 14.4 Å². The SMILES string of the molecule is C[C@@H]1[C@@H](C)CCC[C@H]1NC(=O)[C@@H](C)OC(=O)c1cccc(NC(N)=O)c1. The Morgan fingerprint density at radius 2 is 1.96 bits per heavy atom. The monoisotopic (exact) mass is 361 g/mol. The van der Waals surface area contributed by atoms with Gasteiger partial charge in [0.25, 0.3) is 5.91 Å². The van der Waals surface area contributed by atoms with E-state index in [4.69, 9.17) is 10.5 Å². The highest BCUT2D eigenvalue weighted by molar-refractivity contribution is 5.95. The first-order valence-electron chi connectivity index (χ1n) is 8.95. The zero-order valence-electron chi connectivity index (χ0n) is 15.5. The molecule has 142 valence electrons. The summed E-state index contributed by atoms with van der Waals surface area (Å²) in [4.78, 5) is 35.5. The van der Waals surface area contributed by atoms with Crippen LogP contribution in [0.5, 0.6) is 0 Å². The molecule has 0 heterocycles. The van der Waals surface area contributed by atoms with E-state index in [0.29, 0.717) is 17.5 Å². The number of primary amides is 1. The van der Waals surface area contributed by atoms with Crippen LogP contribution in [0, 0.1) is 11.8 Å². The molecule has 1 aliphatic carbocycles. The molecule has 4 atom stereocenters. The maximum Gasteiger partial charge on any atom is 0.338 e. The molecular formula is C19H27N3O4. The van der Waals surface area contributed by atoms with E-state index >= 15 is 0 Å². The van der Waals surface area contributed by atoms with Gasteiger partial charge in [-0.1, -0.05) is 32.8 Å². The molecule has 26 heavy (non-hydrogen) atoms. The van der Waals surface area contributed by atoms with Gasteiger partial charge in [0.15, 0.2) is 6.10 Å². The van der Waals surface area contributed by atoms with Crippen LogP contribution in [-0.2, 0) is 9.53 Å². The molecule has 0 unspecified atom stereocenters. The Morgan fingerprint density at radius 3 is 2.65 bits per heavy atom. The second-order valence-corrected chi connectivity index (χ2v) is 7.00. The van der Waals surface area contributed by atoms with Gasteiger partial charge in [0, 0.05) is 11.7 Å². The standard InChI is InChI=1S/C19H27N3O4/c1-11-6-4-9-16(12(11)2)22-17(23)13(3)26-18(24)14-7-5-8-15(10-14)21-19(20)25/h5,7-8,10-13,16H,4,6,9H2,1-3H3,(H,22,23)(H3,20,21,25)/t11-,12+,13+,16+/m0/s1. The largest absolute Gasteiger partial charge is 0.449 e. The van der Waals surface area contributed by atoms with Crippen LogP contribution in [0.4, 0.5) is 10.5 Å². The second-order valence-electron chi connectivity index (χ2n) is 7.00. The number of rotatable bonds is 5. The number of carbonyl (C=O) groups excluding carboxylic acids is 3. The third kappa shape index (κ3) is 5.21. The average Bonchev–Trinajstić information content (AvgIpc) is 2.58. The molecule has 0 spiro atoms. The summed E-state index contributed by atoms with van der Waals surface area (Å²) in [5.41, 5.74) is 5.68. The molecule has 0 aromatic heterocycles. The van der Waals surface area contributed by atoms with Crippen LogP contribution in [0.3, 0.4) is 0 Å². The number of urea groups is 1. The van der Waals surface area contributed by atoms with Crippen molar-refractivity contribution in [2.45, 2.75) is 52.2 Å². The maximum atomic E-state index is 12.4. The lowest BCUT2D eigenvalue weighted by Crippen LogP contribution is -2.47. The van der Waals surface area contributed by atoms with Gasteiger partial charge in [0.2, 0.25) is 0 Å². The fourth-order valence-corrected chi connectivity index (χ4v) is 3.23. The lowest BCUT2D eigenvalue weighted by Gasteiger charge is -2.35. The van der Waals surface area contributed by atoms with E-state index in [2.05, 4.69) is 24.5 Å². The molecule has 0 aliphatic heterocycles. The molecule has 1 saturated carbocycles. The topological polar surface area (TPSA) is 111 Å². The smallest absolute Gasteiger partial charge is 0.338 e. The number of carbonyl (C=O) groups is 3. The number of hydrogen-bond acceptors (Lipinski definition) is 4. The molecule has 2 rings (SSSR count). The molecule has 7 heteroatoms. The van der Waals surface area contributed by atoms with Crippen LogP contribution < -0.4 is 16.4 Å². The van der Waals surface area contributed by atoms with Gasteiger partial charge in [0.1, 0.15) is 0 Å². The summed E-state index contributed by atoms with van der Waals surface area (Å²) in [5, 5.41) is 5.39. The van der Waals surface area contributed by atoms with Crippen LogP contribution in [0.15, 0.2) is 24.3 Å². The molecule has 3 amide bonds. The Bertz CT molecular complexity index is 677. The van der Waals surface area contributed by atoms with E-state index in [1.165, 1.54) is 12.5 Å². The van der Waals surface area contributed by atoms with Gasteiger partial charge in [-0.3, -0.25) is 4.79 Å². The second kappa shape index (κ2) is 8.69. The molecule has 1 aromatic rings. The van der Waals surface area contributed by atoms with Gasteiger partial charge >= 0.3 is 12.0 Å². The lowest BCUT2D eigenvalue weighted by atomic mass is 9.78. The van der Waals surface area contributed by atoms with Crippen molar-refractivity contribution < 1.29 is 19.1 Å². The number of nitrogens with two attached hydrogens (primary N) is 1. The third-order valence-electron chi connectivity index (χ3n) is 5.05. The normalized spacial score (nSPS) is 23.6. The molecule has 0 radical (unpaired) electrons. The minimum absolute atomic E-state index is 0.107. The highest BCUT2D eigenvalue weighted by Gasteiger charge is 2.30. The van der Waals surface area contributed by atoms with Crippen LogP contribution in [0.1, 0.15) is 50.4 Å². The Hall–Kier alpha value is -2.57. The third-order valence-corrected chi connectivity index (χ3v) is 5.05. The van der Waals surface area contributed by atoms with Crippen molar-refractivity contribution in [3.63, 3.8) is 0 Å². The van der Waals surface area contributed by atoms with Crippen molar-refractivity contribution in [3.8, 4) is 0 Å². The molecule has 1 fully saturated rings. The van der Waals surface area contributed by atoms with E-state index < -0.39 is 18.1 Å². The van der Waals surface area contributed by atoms with Crippen LogP contribution in [0.25, 0.3) is 0 Å². The average molecular weight is 361 g/mol. The molecule has 7 nitrogen and oxygen atoms in total. The van der Waals surface area contributed by atoms with Crippen molar-refractivity contribution in [1.29, 1.82) is 0 Å². The summed E-state index contributed by atoms with van der Waals surface area (Å²) >= 11 is 0. The first kappa shape index (κ1) is 19.8. The first-order chi connectivity index (χ1) is 12.3. The number of nitrogens with one attached hydrogen (secondary N) is 2. The quantitative estimate of drug-likeness (QED) is 0.700. The summed E-state index contributed by atoms with van der Waals surface area (Å²) in [6.07, 6.45) is 2.30. The van der Waals surface area contributed by atoms with Gasteiger partial charge in [-0.2, -0.15) is 0 Å². The number of ether oxygens (including phenoxy) is 1. The van der Waals surface area contributed by atoms with Crippen LogP contribution in [-0.4, -0.2) is 30.1 Å². The minimum Gasteiger partial charge on any atom is -0.449 e. The summed E-state index contributed by atoms with van der Waals surface area (Å²) in [5.74, 6) is 0.0288. The molecule has 0 saturated heterocycles. The van der Waals surface area contributed by atoms with Crippen LogP contribution >= 0.6 is 0 Å². The molecule has 1 aliphatic rings. The van der Waals surface area contributed by atoms with E-state index in [0.717, 1.165) is 12.8 Å². The Balaban J connectivity index is 1.93. The number of esters is 1. The van der Waals surface area contributed by atoms with Gasteiger partial charge in [-0.25, -0.2) is 9.59 Å². The van der Waals surface area contributed by atoms with Crippen molar-refractivity contribution in [2.75, 3.05) is 5.32 Å². The van der Waals surface area contributed by atoms with Crippen LogP contribution in [0.2, 0.25) is 0 Å². The van der Waals surface area contributed by atoms with E-state index in [-0.39, 0.29) is 17.5 Å². The molecule has 1 aromatic carbocycles. The summed E-state index contributed by atoms with van der Waals surface area (Å²) in [6.45, 7) is 5.89. The number of anilines is 1. The minimum atomic E-state index is -0.903. The summed E-state index contributed by atoms with van der Waals surface area (Å²) in [6, 6.07) is 5.57. The zero-order valence-corrected chi connectivity index (χ0v) is 15.5. The summed E-state index contributed by atoms with van der Waals surface area (Å²) < 4.78 is 5.27. The lowest BCUT2D eigenvalue weighted by molar-refractivity contribution is -0.130. The van der Waals surface area contributed by atoms with Crippen molar-refractivity contribution in [1.82, 2.24) is 5.32 Å². The predicted molar refractivity (Wildman–Crippen MR) is 98.6 cm³/mol. The fourth-order valence-electron chi connectivity index (χ4n) is 3.23. The Labute approximate surface area is 153 Å². The molecular weight excluding hydrogens is 334 g/mol. The molecule has 4 N–H and O–H groups in total. The van der Waals surface area contributed by atoms with Crippen molar-refractivity contribution in [3.05, 3.63) is 29.8 Å². The Morgan fingerprint density at radius 1 is 1.23 bits per heavy atom. The number of benzene rings is 1. The number of hydrogen-bond donors (Lipinski definition) is 3. The fraction of sp³-hybridized carbons (Fsp3) is 0.526. The predicted octanol–water partition coefficient (Wildman–Crippen LogP) is 2.66. The Kier molecular flexibility index (Phi) is 6.60. The maximum absolute atomic E-state index is 12.4. The summed E-state index contributed by atoms with van der Waals surface area (Å²) in [7, 11) is 0. The highest BCUT2D eigenvalue weighted by Crippen LogP contribution is 2.29. The van der Waals surface area contributed by atoms with Gasteiger partial charge < -0.3 is 21.1 Å². The first-order valence-corrected chi connectivity index (χ1v) is 8.95. The zero-order chi connectivity index (χ0) is 19.3. The van der Waals surface area contributed by atoms with E-state index in [1.54, 1.807) is 25.1 Å². The van der Waals surface area contributed by atoms with Crippen molar-refractivity contribution in [2.24, 2.45) is 17.6 Å².